The van der Waals surface area contributed by atoms with Gasteiger partial charge in [-0.15, -0.1) is 6.58 Å². The van der Waals surface area contributed by atoms with Crippen LogP contribution >= 0.6 is 0 Å². The third kappa shape index (κ3) is 2.59. The number of rotatable bonds is 4. The lowest BCUT2D eigenvalue weighted by Gasteiger charge is -2.19. The predicted molar refractivity (Wildman–Crippen MR) is 65.2 cm³/mol. The molecule has 0 fully saturated rings. The Hall–Kier alpha value is -1.84. The van der Waals surface area contributed by atoms with Crippen molar-refractivity contribution in [3.8, 4) is 0 Å². The van der Waals surface area contributed by atoms with E-state index in [0.29, 0.717) is 30.0 Å². The smallest absolute Gasteiger partial charge is 0.256 e. The number of nitrogen functional groups attached to an aromatic ring is 1. The van der Waals surface area contributed by atoms with E-state index >= 15 is 0 Å². The first-order chi connectivity index (χ1) is 7.60. The van der Waals surface area contributed by atoms with Crippen molar-refractivity contribution < 1.29 is 4.79 Å². The minimum atomic E-state index is -0.0558. The van der Waals surface area contributed by atoms with Crippen LogP contribution in [0.5, 0.6) is 0 Å². The number of amides is 1. The lowest BCUT2D eigenvalue weighted by molar-refractivity contribution is 0.0781. The van der Waals surface area contributed by atoms with Crippen molar-refractivity contribution in [2.75, 3.05) is 18.8 Å². The SMILES string of the molecule is C=CCN(CC)C(=O)c1cc(N)cnc1C. The maximum atomic E-state index is 12.1. The Balaban J connectivity index is 3.02. The molecule has 0 aromatic carbocycles. The fourth-order valence-electron chi connectivity index (χ4n) is 1.45. The fourth-order valence-corrected chi connectivity index (χ4v) is 1.45. The third-order valence-electron chi connectivity index (χ3n) is 2.36. The van der Waals surface area contributed by atoms with E-state index in [2.05, 4.69) is 11.6 Å². The first-order valence-electron chi connectivity index (χ1n) is 5.22. The molecule has 0 aliphatic carbocycles. The normalized spacial score (nSPS) is 9.88. The lowest BCUT2D eigenvalue weighted by atomic mass is 10.1. The van der Waals surface area contributed by atoms with Gasteiger partial charge in [0.15, 0.2) is 0 Å². The Morgan fingerprint density at radius 1 is 1.69 bits per heavy atom. The molecule has 4 nitrogen and oxygen atoms in total. The highest BCUT2D eigenvalue weighted by Crippen LogP contribution is 2.12. The number of hydrogen-bond donors (Lipinski definition) is 1. The van der Waals surface area contributed by atoms with E-state index in [1.807, 2.05) is 6.92 Å². The summed E-state index contributed by atoms with van der Waals surface area (Å²) in [6.07, 6.45) is 3.26. The van der Waals surface area contributed by atoms with Crippen molar-refractivity contribution in [3.63, 3.8) is 0 Å². The van der Waals surface area contributed by atoms with Gasteiger partial charge in [0, 0.05) is 13.1 Å². The van der Waals surface area contributed by atoms with E-state index in [0.717, 1.165) is 0 Å². The van der Waals surface area contributed by atoms with Gasteiger partial charge in [0.2, 0.25) is 0 Å². The van der Waals surface area contributed by atoms with E-state index < -0.39 is 0 Å². The average Bonchev–Trinajstić information content (AvgIpc) is 2.28. The summed E-state index contributed by atoms with van der Waals surface area (Å²) in [5.41, 5.74) is 7.39. The second-order valence-corrected chi connectivity index (χ2v) is 3.53. The van der Waals surface area contributed by atoms with Gasteiger partial charge in [-0.2, -0.15) is 0 Å². The van der Waals surface area contributed by atoms with Crippen LogP contribution in [0.25, 0.3) is 0 Å². The summed E-state index contributed by atoms with van der Waals surface area (Å²) in [5, 5.41) is 0. The Morgan fingerprint density at radius 2 is 2.38 bits per heavy atom. The molecule has 16 heavy (non-hydrogen) atoms. The Bertz CT molecular complexity index is 401. The highest BCUT2D eigenvalue weighted by atomic mass is 16.2. The number of aryl methyl sites for hydroxylation is 1. The molecule has 0 unspecified atom stereocenters. The number of likely N-dealkylation sites (N-methyl/N-ethyl adjacent to an activating group) is 1. The summed E-state index contributed by atoms with van der Waals surface area (Å²) >= 11 is 0. The molecule has 0 saturated carbocycles. The van der Waals surface area contributed by atoms with Crippen LogP contribution in [0.2, 0.25) is 0 Å². The second-order valence-electron chi connectivity index (χ2n) is 3.53. The Kier molecular flexibility index (Phi) is 4.05. The zero-order valence-electron chi connectivity index (χ0n) is 9.73. The van der Waals surface area contributed by atoms with E-state index in [1.54, 1.807) is 30.2 Å². The van der Waals surface area contributed by atoms with Crippen molar-refractivity contribution in [1.29, 1.82) is 0 Å². The molecule has 86 valence electrons. The maximum absolute atomic E-state index is 12.1. The van der Waals surface area contributed by atoms with Crippen LogP contribution in [0.4, 0.5) is 5.69 Å². The molecule has 0 radical (unpaired) electrons. The minimum Gasteiger partial charge on any atom is -0.397 e. The molecule has 0 saturated heterocycles. The summed E-state index contributed by atoms with van der Waals surface area (Å²) in [5.74, 6) is -0.0558. The molecule has 4 heteroatoms. The molecule has 1 heterocycles. The number of carbonyl (C=O) groups excluding carboxylic acids is 1. The summed E-state index contributed by atoms with van der Waals surface area (Å²) in [6, 6.07) is 1.66. The van der Waals surface area contributed by atoms with Crippen LogP contribution in [0, 0.1) is 6.92 Å². The number of carbonyl (C=O) groups is 1. The molecule has 1 aromatic rings. The third-order valence-corrected chi connectivity index (χ3v) is 2.36. The van der Waals surface area contributed by atoms with Crippen molar-refractivity contribution in [3.05, 3.63) is 36.2 Å². The zero-order valence-corrected chi connectivity index (χ0v) is 9.73. The monoisotopic (exact) mass is 219 g/mol. The quantitative estimate of drug-likeness (QED) is 0.783. The first-order valence-corrected chi connectivity index (χ1v) is 5.22. The summed E-state index contributed by atoms with van der Waals surface area (Å²) < 4.78 is 0. The van der Waals surface area contributed by atoms with Gasteiger partial charge in [-0.3, -0.25) is 9.78 Å². The summed E-state index contributed by atoms with van der Waals surface area (Å²) in [6.45, 7) is 8.53. The molecular weight excluding hydrogens is 202 g/mol. The standard InChI is InChI=1S/C12H17N3O/c1-4-6-15(5-2)12(16)11-7-10(13)8-14-9(11)3/h4,7-8H,1,5-6,13H2,2-3H3. The molecule has 0 spiro atoms. The number of anilines is 1. The minimum absolute atomic E-state index is 0.0558. The van der Waals surface area contributed by atoms with Crippen LogP contribution < -0.4 is 5.73 Å². The van der Waals surface area contributed by atoms with Crippen LogP contribution in [0.3, 0.4) is 0 Å². The summed E-state index contributed by atoms with van der Waals surface area (Å²) in [7, 11) is 0. The van der Waals surface area contributed by atoms with E-state index in [1.165, 1.54) is 0 Å². The molecule has 1 amide bonds. The van der Waals surface area contributed by atoms with Crippen LogP contribution in [-0.2, 0) is 0 Å². The molecular formula is C12H17N3O. The Morgan fingerprint density at radius 3 is 2.94 bits per heavy atom. The zero-order chi connectivity index (χ0) is 12.1. The van der Waals surface area contributed by atoms with Crippen molar-refractivity contribution in [1.82, 2.24) is 9.88 Å². The highest BCUT2D eigenvalue weighted by Gasteiger charge is 2.15. The molecule has 0 aliphatic heterocycles. The molecule has 1 rings (SSSR count). The maximum Gasteiger partial charge on any atom is 0.256 e. The van der Waals surface area contributed by atoms with E-state index in [4.69, 9.17) is 5.73 Å². The summed E-state index contributed by atoms with van der Waals surface area (Å²) in [4.78, 5) is 17.9. The number of nitrogens with zero attached hydrogens (tertiary/aromatic N) is 2. The van der Waals surface area contributed by atoms with E-state index in [-0.39, 0.29) is 5.91 Å². The topological polar surface area (TPSA) is 59.2 Å². The van der Waals surface area contributed by atoms with Gasteiger partial charge in [0.25, 0.3) is 5.91 Å². The lowest BCUT2D eigenvalue weighted by Crippen LogP contribution is -2.31. The van der Waals surface area contributed by atoms with Crippen LogP contribution in [0.1, 0.15) is 23.0 Å². The van der Waals surface area contributed by atoms with Gasteiger partial charge in [0.1, 0.15) is 0 Å². The van der Waals surface area contributed by atoms with Gasteiger partial charge in [0.05, 0.1) is 23.1 Å². The van der Waals surface area contributed by atoms with Crippen molar-refractivity contribution in [2.45, 2.75) is 13.8 Å². The fraction of sp³-hybridized carbons (Fsp3) is 0.333. The van der Waals surface area contributed by atoms with Crippen LogP contribution in [0.15, 0.2) is 24.9 Å². The second kappa shape index (κ2) is 5.30. The van der Waals surface area contributed by atoms with Gasteiger partial charge in [-0.25, -0.2) is 0 Å². The molecule has 1 aromatic heterocycles. The predicted octanol–water partition coefficient (Wildman–Crippen LogP) is 1.62. The van der Waals surface area contributed by atoms with Crippen LogP contribution in [-0.4, -0.2) is 28.9 Å². The van der Waals surface area contributed by atoms with Crippen molar-refractivity contribution >= 4 is 11.6 Å². The molecule has 0 aliphatic rings. The molecule has 0 atom stereocenters. The molecule has 2 N–H and O–H groups in total. The molecule has 0 bridgehead atoms. The number of nitrogens with two attached hydrogens (primary N) is 1. The largest absolute Gasteiger partial charge is 0.397 e. The number of pyridine rings is 1. The van der Waals surface area contributed by atoms with E-state index in [9.17, 15) is 4.79 Å². The van der Waals surface area contributed by atoms with Gasteiger partial charge in [-0.05, 0) is 19.9 Å². The van der Waals surface area contributed by atoms with Gasteiger partial charge >= 0.3 is 0 Å². The number of aromatic nitrogens is 1. The Labute approximate surface area is 95.8 Å². The average molecular weight is 219 g/mol. The first kappa shape index (κ1) is 12.2. The highest BCUT2D eigenvalue weighted by molar-refractivity contribution is 5.96. The van der Waals surface area contributed by atoms with Gasteiger partial charge in [-0.1, -0.05) is 6.08 Å². The number of hydrogen-bond acceptors (Lipinski definition) is 3. The van der Waals surface area contributed by atoms with Gasteiger partial charge < -0.3 is 10.6 Å². The van der Waals surface area contributed by atoms with Crippen molar-refractivity contribution in [2.24, 2.45) is 0 Å².